The van der Waals surface area contributed by atoms with Gasteiger partial charge in [0.25, 0.3) is 5.91 Å². The molecule has 8 heteroatoms. The lowest BCUT2D eigenvalue weighted by Gasteiger charge is -2.44. The zero-order valence-electron chi connectivity index (χ0n) is 20.6. The van der Waals surface area contributed by atoms with Crippen LogP contribution in [0.5, 0.6) is 0 Å². The number of aromatic nitrogens is 2. The van der Waals surface area contributed by atoms with Gasteiger partial charge in [-0.25, -0.2) is 4.79 Å². The van der Waals surface area contributed by atoms with Crippen LogP contribution in [0.4, 0.5) is 5.69 Å². The SMILES string of the molecule is COC(=O)c1cc2n(n1)C[C@](C)(C(=O)NC1CCC(C)CC1)N(c1ccc(C(C)C)cc1)C2=O. The largest absolute Gasteiger partial charge is 0.464 e. The Hall–Kier alpha value is -3.16. The van der Waals surface area contributed by atoms with E-state index in [1.807, 2.05) is 24.3 Å². The summed E-state index contributed by atoms with van der Waals surface area (Å²) in [5.41, 5.74) is 0.869. The molecule has 0 radical (unpaired) electrons. The highest BCUT2D eigenvalue weighted by molar-refractivity contribution is 6.12. The number of methoxy groups -OCH3 is 1. The maximum absolute atomic E-state index is 13.7. The van der Waals surface area contributed by atoms with Crippen LogP contribution in [-0.4, -0.2) is 46.3 Å². The van der Waals surface area contributed by atoms with Crippen molar-refractivity contribution in [2.24, 2.45) is 5.92 Å². The number of carbonyl (C=O) groups excluding carboxylic acids is 3. The Bertz CT molecular complexity index is 1080. The minimum atomic E-state index is -1.22. The number of anilines is 1. The topological polar surface area (TPSA) is 93.5 Å². The maximum atomic E-state index is 13.7. The van der Waals surface area contributed by atoms with E-state index in [9.17, 15) is 14.4 Å². The number of fused-ring (bicyclic) bond motifs is 1. The van der Waals surface area contributed by atoms with Gasteiger partial charge in [0.1, 0.15) is 11.2 Å². The average molecular weight is 467 g/mol. The highest BCUT2D eigenvalue weighted by atomic mass is 16.5. The Morgan fingerprint density at radius 1 is 1.15 bits per heavy atom. The second-order valence-corrected chi connectivity index (χ2v) is 10.2. The second kappa shape index (κ2) is 9.24. The van der Waals surface area contributed by atoms with E-state index >= 15 is 0 Å². The highest BCUT2D eigenvalue weighted by Gasteiger charge is 2.49. The molecular formula is C26H34N4O4. The lowest BCUT2D eigenvalue weighted by atomic mass is 9.86. The van der Waals surface area contributed by atoms with E-state index in [4.69, 9.17) is 4.74 Å². The van der Waals surface area contributed by atoms with E-state index in [1.54, 1.807) is 11.8 Å². The molecule has 1 aromatic heterocycles. The molecule has 0 saturated heterocycles. The van der Waals surface area contributed by atoms with Crippen LogP contribution in [0.15, 0.2) is 30.3 Å². The molecule has 2 aliphatic rings. The molecule has 1 fully saturated rings. The second-order valence-electron chi connectivity index (χ2n) is 10.2. The fourth-order valence-corrected chi connectivity index (χ4v) is 4.94. The molecule has 1 saturated carbocycles. The van der Waals surface area contributed by atoms with Crippen LogP contribution < -0.4 is 10.2 Å². The van der Waals surface area contributed by atoms with Gasteiger partial charge in [0.05, 0.1) is 13.7 Å². The quantitative estimate of drug-likeness (QED) is 0.675. The summed E-state index contributed by atoms with van der Waals surface area (Å²) in [6.45, 7) is 8.35. The van der Waals surface area contributed by atoms with Gasteiger partial charge in [0.2, 0.25) is 5.91 Å². The Morgan fingerprint density at radius 2 is 1.79 bits per heavy atom. The molecule has 2 aromatic rings. The maximum Gasteiger partial charge on any atom is 0.358 e. The van der Waals surface area contributed by atoms with Gasteiger partial charge in [0.15, 0.2) is 5.69 Å². The van der Waals surface area contributed by atoms with Gasteiger partial charge in [-0.3, -0.25) is 19.2 Å². The minimum absolute atomic E-state index is 0.0480. The third-order valence-electron chi connectivity index (χ3n) is 7.21. The molecule has 34 heavy (non-hydrogen) atoms. The third-order valence-corrected chi connectivity index (χ3v) is 7.21. The van der Waals surface area contributed by atoms with Crippen molar-refractivity contribution in [3.63, 3.8) is 0 Å². The molecule has 1 aliphatic carbocycles. The van der Waals surface area contributed by atoms with Crippen molar-refractivity contribution in [3.05, 3.63) is 47.3 Å². The number of esters is 1. The molecule has 1 atom stereocenters. The van der Waals surface area contributed by atoms with E-state index in [0.717, 1.165) is 31.2 Å². The Labute approximate surface area is 200 Å². The standard InChI is InChI=1S/C26H34N4O4/c1-16(2)18-8-12-20(13-9-18)30-23(31)22-14-21(24(32)34-5)28-29(22)15-26(30,4)25(33)27-19-10-6-17(3)7-11-19/h8-9,12-14,16-17,19H,6-7,10-11,15H2,1-5H3,(H,27,33)/t17?,19?,26-/m1/s1. The summed E-state index contributed by atoms with van der Waals surface area (Å²) in [5.74, 6) is -0.196. The van der Waals surface area contributed by atoms with Crippen LogP contribution in [0.1, 0.15) is 85.8 Å². The van der Waals surface area contributed by atoms with Crippen molar-refractivity contribution in [2.75, 3.05) is 12.0 Å². The summed E-state index contributed by atoms with van der Waals surface area (Å²) >= 11 is 0. The van der Waals surface area contributed by atoms with Crippen molar-refractivity contribution in [3.8, 4) is 0 Å². The van der Waals surface area contributed by atoms with Gasteiger partial charge in [-0.2, -0.15) is 5.10 Å². The fourth-order valence-electron chi connectivity index (χ4n) is 4.94. The van der Waals surface area contributed by atoms with E-state index < -0.39 is 11.5 Å². The number of amides is 2. The zero-order valence-corrected chi connectivity index (χ0v) is 20.6. The van der Waals surface area contributed by atoms with E-state index in [0.29, 0.717) is 17.5 Å². The van der Waals surface area contributed by atoms with E-state index in [-0.39, 0.29) is 35.8 Å². The smallest absolute Gasteiger partial charge is 0.358 e. The Morgan fingerprint density at radius 3 is 2.38 bits per heavy atom. The molecular weight excluding hydrogens is 432 g/mol. The van der Waals surface area contributed by atoms with Gasteiger partial charge in [0, 0.05) is 17.8 Å². The Kier molecular flexibility index (Phi) is 6.51. The normalized spacial score (nSPS) is 24.6. The number of nitrogens with zero attached hydrogens (tertiary/aromatic N) is 3. The predicted octanol–water partition coefficient (Wildman–Crippen LogP) is 3.91. The molecule has 1 N–H and O–H groups in total. The summed E-state index contributed by atoms with van der Waals surface area (Å²) in [7, 11) is 1.27. The van der Waals surface area contributed by atoms with Crippen LogP contribution in [-0.2, 0) is 16.1 Å². The molecule has 8 nitrogen and oxygen atoms in total. The van der Waals surface area contributed by atoms with Gasteiger partial charge in [-0.05, 0) is 62.1 Å². The first kappa shape index (κ1) is 24.0. The first-order valence-corrected chi connectivity index (χ1v) is 12.1. The average Bonchev–Trinajstić information content (AvgIpc) is 3.24. The van der Waals surface area contributed by atoms with Gasteiger partial charge in [-0.1, -0.05) is 32.9 Å². The molecule has 0 unspecified atom stereocenters. The van der Waals surface area contributed by atoms with Crippen LogP contribution in [0.2, 0.25) is 0 Å². The summed E-state index contributed by atoms with van der Waals surface area (Å²) in [6, 6.07) is 9.26. The molecule has 1 aromatic carbocycles. The molecule has 2 heterocycles. The van der Waals surface area contributed by atoms with Gasteiger partial charge in [-0.15, -0.1) is 0 Å². The van der Waals surface area contributed by atoms with Crippen LogP contribution in [0.25, 0.3) is 0 Å². The lowest BCUT2D eigenvalue weighted by molar-refractivity contribution is -0.127. The summed E-state index contributed by atoms with van der Waals surface area (Å²) in [5, 5.41) is 7.49. The number of ether oxygens (including phenoxy) is 1. The number of hydrogen-bond acceptors (Lipinski definition) is 5. The van der Waals surface area contributed by atoms with Gasteiger partial charge < -0.3 is 10.1 Å². The molecule has 0 bridgehead atoms. The van der Waals surface area contributed by atoms with Gasteiger partial charge >= 0.3 is 5.97 Å². The minimum Gasteiger partial charge on any atom is -0.464 e. The van der Waals surface area contributed by atoms with Crippen molar-refractivity contribution in [1.82, 2.24) is 15.1 Å². The molecule has 4 rings (SSSR count). The third kappa shape index (κ3) is 4.33. The summed E-state index contributed by atoms with van der Waals surface area (Å²) < 4.78 is 6.24. The highest BCUT2D eigenvalue weighted by Crippen LogP contribution is 2.34. The van der Waals surface area contributed by atoms with E-state index in [1.165, 1.54) is 17.9 Å². The first-order chi connectivity index (χ1) is 16.1. The number of hydrogen-bond donors (Lipinski definition) is 1. The van der Waals surface area contributed by atoms with Crippen molar-refractivity contribution in [2.45, 2.75) is 77.4 Å². The van der Waals surface area contributed by atoms with Crippen LogP contribution in [0, 0.1) is 5.92 Å². The van der Waals surface area contributed by atoms with Crippen molar-refractivity contribution >= 4 is 23.5 Å². The van der Waals surface area contributed by atoms with Crippen LogP contribution >= 0.6 is 0 Å². The van der Waals surface area contributed by atoms with Crippen molar-refractivity contribution < 1.29 is 19.1 Å². The predicted molar refractivity (Wildman–Crippen MR) is 129 cm³/mol. The summed E-state index contributed by atoms with van der Waals surface area (Å²) in [6.07, 6.45) is 4.01. The van der Waals surface area contributed by atoms with Crippen LogP contribution in [0.3, 0.4) is 0 Å². The number of carbonyl (C=O) groups is 3. The fraction of sp³-hybridized carbons (Fsp3) is 0.538. The lowest BCUT2D eigenvalue weighted by Crippen LogP contribution is -2.65. The number of nitrogens with one attached hydrogen (secondary N) is 1. The Balaban J connectivity index is 1.72. The molecule has 0 spiro atoms. The van der Waals surface area contributed by atoms with E-state index in [2.05, 4.69) is 31.2 Å². The molecule has 1 aliphatic heterocycles. The molecule has 2 amide bonds. The molecule has 182 valence electrons. The number of benzene rings is 1. The van der Waals surface area contributed by atoms with Crippen molar-refractivity contribution in [1.29, 1.82) is 0 Å². The zero-order chi connectivity index (χ0) is 24.6. The number of rotatable bonds is 5. The first-order valence-electron chi connectivity index (χ1n) is 12.1. The summed E-state index contributed by atoms with van der Waals surface area (Å²) in [4.78, 5) is 41.1. The monoisotopic (exact) mass is 466 g/mol.